The van der Waals surface area contributed by atoms with Crippen molar-refractivity contribution in [3.05, 3.63) is 72.8 Å². The van der Waals surface area contributed by atoms with Gasteiger partial charge in [0, 0.05) is 18.4 Å². The van der Waals surface area contributed by atoms with Crippen molar-refractivity contribution >= 4 is 69.7 Å². The summed E-state index contributed by atoms with van der Waals surface area (Å²) in [5.41, 5.74) is -0.774. The smallest absolute Gasteiger partial charge is 0.296 e. The minimum absolute atomic E-state index is 0.0425. The van der Waals surface area contributed by atoms with Gasteiger partial charge >= 0.3 is 0 Å². The molecular formula is C39H50N4O11S3. The first kappa shape index (κ1) is 45.2. The van der Waals surface area contributed by atoms with Gasteiger partial charge < -0.3 is 15.5 Å². The van der Waals surface area contributed by atoms with Crippen molar-refractivity contribution in [1.82, 2.24) is 0 Å². The highest BCUT2D eigenvalue weighted by Crippen LogP contribution is 2.45. The number of phenolic OH excluding ortho intramolecular Hbond substituents is 1. The van der Waals surface area contributed by atoms with Crippen LogP contribution in [-0.2, 0) is 35.1 Å². The van der Waals surface area contributed by atoms with Gasteiger partial charge in [0.05, 0.1) is 33.0 Å². The van der Waals surface area contributed by atoms with Gasteiger partial charge in [-0.2, -0.15) is 21.9 Å². The van der Waals surface area contributed by atoms with Crippen LogP contribution in [0.15, 0.2) is 97.7 Å². The normalized spacial score (nSPS) is 13.5. The molecule has 0 saturated heterocycles. The Bertz CT molecular complexity index is 2370. The number of carbonyl (C=O) groups excluding carboxylic acids is 1. The number of unbranched alkanes of at least 4 members (excludes halogenated alkanes) is 8. The molecule has 2 unspecified atom stereocenters. The van der Waals surface area contributed by atoms with Crippen LogP contribution in [0.3, 0.4) is 0 Å². The van der Waals surface area contributed by atoms with Crippen molar-refractivity contribution < 1.29 is 49.4 Å². The SMILES string of the molecule is CCCCCCCCCCCC(O)CC(C)N(c1ccc(N=Nc2c(S(=O)(=O)O)cc3cc(S(=O)(=O)O)cc(NC(C)=O)c3c2O)cc1)S(=O)(=O)c1ccccc1. The van der Waals surface area contributed by atoms with Gasteiger partial charge in [-0.3, -0.25) is 18.2 Å². The van der Waals surface area contributed by atoms with Crippen molar-refractivity contribution in [3.8, 4) is 5.75 Å². The molecule has 15 nitrogen and oxygen atoms in total. The summed E-state index contributed by atoms with van der Waals surface area (Å²) in [6.45, 7) is 4.99. The van der Waals surface area contributed by atoms with Gasteiger partial charge in [0.2, 0.25) is 5.91 Å². The van der Waals surface area contributed by atoms with Gasteiger partial charge in [-0.15, -0.1) is 5.11 Å². The number of aliphatic hydroxyl groups is 1. The second-order valence-electron chi connectivity index (χ2n) is 14.0. The molecule has 4 aromatic rings. The average molecular weight is 847 g/mol. The number of sulfonamides is 1. The number of amides is 1. The summed E-state index contributed by atoms with van der Waals surface area (Å²) < 4.78 is 97.7. The molecule has 0 bridgehead atoms. The van der Waals surface area contributed by atoms with Crippen molar-refractivity contribution in [3.63, 3.8) is 0 Å². The first-order chi connectivity index (χ1) is 26.8. The molecule has 2 atom stereocenters. The standard InChI is InChI=1S/C39H50N4O11S3/c1-4-5-6-7-8-9-10-11-13-16-32(45)23-27(2)43(55(47,48)33-17-14-12-15-18-33)31-21-19-30(20-22-31)41-42-38-36(57(52,53)54)25-29-24-34(56(49,50)51)26-35(40-28(3)44)37(29)39(38)46/h12,14-15,17-22,24-27,32,45-46H,4-11,13,16,23H2,1-3H3,(H,40,44)(H,49,50,51)(H,52,53,54). The first-order valence-electron chi connectivity index (χ1n) is 18.7. The molecule has 0 aromatic heterocycles. The number of benzene rings is 4. The quantitative estimate of drug-likeness (QED) is 0.0302. The number of hydrogen-bond donors (Lipinski definition) is 5. The van der Waals surface area contributed by atoms with E-state index in [0.29, 0.717) is 6.42 Å². The highest BCUT2D eigenvalue weighted by atomic mass is 32.2. The third kappa shape index (κ3) is 12.3. The van der Waals surface area contributed by atoms with E-state index < -0.39 is 69.5 Å². The minimum Gasteiger partial charge on any atom is -0.505 e. The number of carbonyl (C=O) groups is 1. The zero-order chi connectivity index (χ0) is 42.0. The van der Waals surface area contributed by atoms with Crippen LogP contribution in [0.5, 0.6) is 5.75 Å². The zero-order valence-corrected chi connectivity index (χ0v) is 34.5. The van der Waals surface area contributed by atoms with Gasteiger partial charge in [0.25, 0.3) is 30.3 Å². The largest absolute Gasteiger partial charge is 0.505 e. The first-order valence-corrected chi connectivity index (χ1v) is 23.0. The molecule has 0 fully saturated rings. The van der Waals surface area contributed by atoms with E-state index in [1.807, 2.05) is 0 Å². The summed E-state index contributed by atoms with van der Waals surface area (Å²) in [7, 11) is -14.1. The van der Waals surface area contributed by atoms with E-state index in [4.69, 9.17) is 0 Å². The molecule has 4 aromatic carbocycles. The highest BCUT2D eigenvalue weighted by Gasteiger charge is 2.31. The second kappa shape index (κ2) is 19.8. The molecule has 18 heteroatoms. The highest BCUT2D eigenvalue weighted by molar-refractivity contribution is 7.92. The predicted molar refractivity (Wildman–Crippen MR) is 218 cm³/mol. The number of aliphatic hydroxyl groups excluding tert-OH is 1. The fourth-order valence-corrected chi connectivity index (χ4v) is 9.49. The Morgan fingerprint density at radius 2 is 1.37 bits per heavy atom. The van der Waals surface area contributed by atoms with Gasteiger partial charge in [-0.05, 0) is 79.7 Å². The number of nitrogens with zero attached hydrogens (tertiary/aromatic N) is 3. The van der Waals surface area contributed by atoms with Crippen LogP contribution in [0.4, 0.5) is 22.7 Å². The average Bonchev–Trinajstić information content (AvgIpc) is 3.13. The van der Waals surface area contributed by atoms with E-state index in [0.717, 1.165) is 50.8 Å². The minimum atomic E-state index is -5.14. The van der Waals surface area contributed by atoms with E-state index in [1.165, 1.54) is 72.8 Å². The number of phenols is 1. The predicted octanol–water partition coefficient (Wildman–Crippen LogP) is 8.67. The number of azo groups is 1. The summed E-state index contributed by atoms with van der Waals surface area (Å²) in [5, 5.41) is 31.9. The fraction of sp³-hybridized carbons (Fsp3) is 0.410. The summed E-state index contributed by atoms with van der Waals surface area (Å²) >= 11 is 0. The molecule has 4 rings (SSSR count). The summed E-state index contributed by atoms with van der Waals surface area (Å²) in [6, 6.07) is 15.3. The zero-order valence-electron chi connectivity index (χ0n) is 32.1. The Labute approximate surface area is 334 Å². The molecule has 0 aliphatic carbocycles. The number of nitrogens with one attached hydrogen (secondary N) is 1. The van der Waals surface area contributed by atoms with Crippen molar-refractivity contribution in [2.45, 2.75) is 118 Å². The maximum absolute atomic E-state index is 14.0. The number of anilines is 2. The maximum Gasteiger partial charge on any atom is 0.296 e. The number of rotatable bonds is 21. The molecule has 1 amide bonds. The van der Waals surface area contributed by atoms with Gasteiger partial charge in [0.1, 0.15) is 10.6 Å². The van der Waals surface area contributed by atoms with Crippen molar-refractivity contribution in [2.75, 3.05) is 9.62 Å². The third-order valence-electron chi connectivity index (χ3n) is 9.33. The maximum atomic E-state index is 14.0. The van der Waals surface area contributed by atoms with Gasteiger partial charge in [0.15, 0.2) is 5.75 Å². The van der Waals surface area contributed by atoms with E-state index in [-0.39, 0.29) is 39.2 Å². The number of hydrogen-bond acceptors (Lipinski definition) is 11. The Morgan fingerprint density at radius 1 is 0.772 bits per heavy atom. The lowest BCUT2D eigenvalue weighted by molar-refractivity contribution is -0.114. The molecule has 0 heterocycles. The lowest BCUT2D eigenvalue weighted by Gasteiger charge is -2.32. The molecule has 0 aliphatic heterocycles. The monoisotopic (exact) mass is 846 g/mol. The molecule has 57 heavy (non-hydrogen) atoms. The summed E-state index contributed by atoms with van der Waals surface area (Å²) in [5.74, 6) is -1.60. The second-order valence-corrected chi connectivity index (χ2v) is 18.6. The molecule has 310 valence electrons. The lowest BCUT2D eigenvalue weighted by atomic mass is 10.0. The Balaban J connectivity index is 1.64. The van der Waals surface area contributed by atoms with Crippen LogP contribution in [0.25, 0.3) is 10.8 Å². The van der Waals surface area contributed by atoms with Gasteiger partial charge in [-0.1, -0.05) is 82.9 Å². The molecule has 0 radical (unpaired) electrons. The van der Waals surface area contributed by atoms with Crippen LogP contribution in [0.2, 0.25) is 0 Å². The van der Waals surface area contributed by atoms with Crippen LogP contribution in [-0.4, -0.2) is 62.6 Å². The van der Waals surface area contributed by atoms with Gasteiger partial charge in [-0.25, -0.2) is 8.42 Å². The van der Waals surface area contributed by atoms with E-state index >= 15 is 0 Å². The lowest BCUT2D eigenvalue weighted by Crippen LogP contribution is -2.40. The molecule has 0 saturated carbocycles. The van der Waals surface area contributed by atoms with E-state index in [9.17, 15) is 49.4 Å². The third-order valence-corrected chi connectivity index (χ3v) is 13.0. The molecule has 0 spiro atoms. The van der Waals surface area contributed by atoms with Crippen molar-refractivity contribution in [1.29, 1.82) is 0 Å². The molecule has 0 aliphatic rings. The Hall–Kier alpha value is -4.46. The Morgan fingerprint density at radius 3 is 1.93 bits per heavy atom. The molecular weight excluding hydrogens is 797 g/mol. The van der Waals surface area contributed by atoms with Crippen LogP contribution in [0, 0.1) is 0 Å². The summed E-state index contributed by atoms with van der Waals surface area (Å²) in [6.07, 6.45) is 10.1. The number of aromatic hydroxyl groups is 1. The Kier molecular flexibility index (Phi) is 15.7. The van der Waals surface area contributed by atoms with Crippen molar-refractivity contribution in [2.24, 2.45) is 10.2 Å². The van der Waals surface area contributed by atoms with Crippen LogP contribution >= 0.6 is 0 Å². The van der Waals surface area contributed by atoms with E-state index in [2.05, 4.69) is 22.5 Å². The van der Waals surface area contributed by atoms with E-state index in [1.54, 1.807) is 25.1 Å². The fourth-order valence-electron chi connectivity index (χ4n) is 6.60. The number of fused-ring (bicyclic) bond motifs is 1. The van der Waals surface area contributed by atoms with Crippen LogP contribution in [0.1, 0.15) is 91.4 Å². The molecule has 5 N–H and O–H groups in total. The van der Waals surface area contributed by atoms with Crippen LogP contribution < -0.4 is 9.62 Å². The summed E-state index contributed by atoms with van der Waals surface area (Å²) in [4.78, 5) is 10.3. The topological polar surface area (TPSA) is 240 Å².